The summed E-state index contributed by atoms with van der Waals surface area (Å²) in [6.07, 6.45) is 0. The maximum atomic E-state index is 5.95. The Hall–Kier alpha value is -1.13. The van der Waals surface area contributed by atoms with Gasteiger partial charge >= 0.3 is 0 Å². The van der Waals surface area contributed by atoms with E-state index >= 15 is 0 Å². The Morgan fingerprint density at radius 3 is 2.65 bits per heavy atom. The van der Waals surface area contributed by atoms with Crippen molar-refractivity contribution in [2.24, 2.45) is 0 Å². The average molecular weight is 310 g/mol. The van der Waals surface area contributed by atoms with Crippen LogP contribution in [0.1, 0.15) is 0 Å². The number of methoxy groups -OCH3 is 1. The first-order valence-electron chi connectivity index (χ1n) is 5.06. The molecule has 0 saturated heterocycles. The van der Waals surface area contributed by atoms with Crippen molar-refractivity contribution in [3.63, 3.8) is 0 Å². The minimum absolute atomic E-state index is 0.768. The van der Waals surface area contributed by atoms with Gasteiger partial charge in [0.1, 0.15) is 5.75 Å². The molecular weight excluding hydrogens is 298 g/mol. The van der Waals surface area contributed by atoms with Crippen molar-refractivity contribution in [1.82, 2.24) is 0 Å². The second-order valence-electron chi connectivity index (χ2n) is 3.44. The topological polar surface area (TPSA) is 35.2 Å². The smallest absolute Gasteiger partial charge is 0.132 e. The van der Waals surface area contributed by atoms with Gasteiger partial charge in [0.05, 0.1) is 12.0 Å². The summed E-state index contributed by atoms with van der Waals surface area (Å²) in [5.41, 5.74) is 6.71. The molecule has 0 radical (unpaired) electrons. The van der Waals surface area contributed by atoms with Crippen LogP contribution in [0.15, 0.2) is 56.7 Å². The summed E-state index contributed by atoms with van der Waals surface area (Å²) in [5, 5.41) is 0. The third-order valence-electron chi connectivity index (χ3n) is 2.26. The zero-order valence-electron chi connectivity index (χ0n) is 9.31. The van der Waals surface area contributed by atoms with Crippen LogP contribution in [0.5, 0.6) is 5.75 Å². The van der Waals surface area contributed by atoms with Gasteiger partial charge in [-0.05, 0) is 30.3 Å². The molecule has 2 N–H and O–H groups in total. The predicted molar refractivity (Wildman–Crippen MR) is 75.7 cm³/mol. The van der Waals surface area contributed by atoms with Gasteiger partial charge in [-0.2, -0.15) is 0 Å². The number of nitrogens with two attached hydrogens (primary N) is 1. The predicted octanol–water partition coefficient (Wildman–Crippen LogP) is 4.19. The number of ether oxygens (including phenoxy) is 1. The third kappa shape index (κ3) is 2.96. The third-order valence-corrected chi connectivity index (χ3v) is 3.89. The van der Waals surface area contributed by atoms with Crippen molar-refractivity contribution >= 4 is 33.4 Å². The number of anilines is 1. The van der Waals surface area contributed by atoms with E-state index in [1.807, 2.05) is 42.5 Å². The molecule has 2 aromatic carbocycles. The van der Waals surface area contributed by atoms with Crippen LogP contribution in [0.3, 0.4) is 0 Å². The maximum Gasteiger partial charge on any atom is 0.132 e. The molecule has 0 bridgehead atoms. The summed E-state index contributed by atoms with van der Waals surface area (Å²) in [7, 11) is 1.67. The van der Waals surface area contributed by atoms with Crippen molar-refractivity contribution in [1.29, 1.82) is 0 Å². The van der Waals surface area contributed by atoms with E-state index < -0.39 is 0 Å². The van der Waals surface area contributed by atoms with Crippen molar-refractivity contribution in [3.05, 3.63) is 46.9 Å². The molecule has 0 aliphatic carbocycles. The van der Waals surface area contributed by atoms with Crippen molar-refractivity contribution in [3.8, 4) is 5.75 Å². The molecule has 4 heteroatoms. The Balaban J connectivity index is 2.34. The fourth-order valence-electron chi connectivity index (χ4n) is 1.42. The minimum Gasteiger partial charge on any atom is -0.496 e. The molecule has 0 aliphatic heterocycles. The molecule has 2 nitrogen and oxygen atoms in total. The van der Waals surface area contributed by atoms with E-state index in [2.05, 4.69) is 15.9 Å². The molecule has 0 fully saturated rings. The molecule has 0 saturated carbocycles. The maximum absolute atomic E-state index is 5.95. The number of benzene rings is 2. The number of hydrogen-bond acceptors (Lipinski definition) is 3. The van der Waals surface area contributed by atoms with Crippen LogP contribution in [0.2, 0.25) is 0 Å². The molecule has 2 rings (SSSR count). The molecule has 0 atom stereocenters. The van der Waals surface area contributed by atoms with Crippen LogP contribution < -0.4 is 10.5 Å². The number of nitrogen functional groups attached to an aromatic ring is 1. The minimum atomic E-state index is 0.768. The van der Waals surface area contributed by atoms with E-state index in [9.17, 15) is 0 Å². The van der Waals surface area contributed by atoms with Gasteiger partial charge in [0.2, 0.25) is 0 Å². The lowest BCUT2D eigenvalue weighted by atomic mass is 10.3. The highest BCUT2D eigenvalue weighted by Gasteiger charge is 2.07. The molecule has 0 aromatic heterocycles. The van der Waals surface area contributed by atoms with Crippen LogP contribution in [0, 0.1) is 0 Å². The summed E-state index contributed by atoms with van der Waals surface area (Å²) in [5.74, 6) is 0.858. The lowest BCUT2D eigenvalue weighted by Crippen LogP contribution is -1.89. The second kappa shape index (κ2) is 5.47. The number of hydrogen-bond donors (Lipinski definition) is 1. The highest BCUT2D eigenvalue weighted by Crippen LogP contribution is 2.38. The molecule has 2 aromatic rings. The Morgan fingerprint density at radius 2 is 1.88 bits per heavy atom. The summed E-state index contributed by atoms with van der Waals surface area (Å²) in [6, 6.07) is 13.7. The van der Waals surface area contributed by atoms with E-state index in [1.54, 1.807) is 18.9 Å². The number of rotatable bonds is 3. The monoisotopic (exact) mass is 309 g/mol. The average Bonchev–Trinajstić information content (AvgIpc) is 2.34. The SMILES string of the molecule is COc1ccccc1Sc1cc(Br)ccc1N. The van der Waals surface area contributed by atoms with Crippen LogP contribution in [0.25, 0.3) is 0 Å². The van der Waals surface area contributed by atoms with Gasteiger partial charge in [-0.15, -0.1) is 0 Å². The fourth-order valence-corrected chi connectivity index (χ4v) is 2.94. The van der Waals surface area contributed by atoms with Crippen molar-refractivity contribution in [2.45, 2.75) is 9.79 Å². The zero-order valence-corrected chi connectivity index (χ0v) is 11.7. The fraction of sp³-hybridized carbons (Fsp3) is 0.0769. The Bertz CT molecular complexity index is 531. The molecule has 0 aliphatic rings. The van der Waals surface area contributed by atoms with Crippen molar-refractivity contribution < 1.29 is 4.74 Å². The number of para-hydroxylation sites is 1. The van der Waals surface area contributed by atoms with E-state index in [1.165, 1.54) is 0 Å². The molecule has 0 heterocycles. The van der Waals surface area contributed by atoms with Gasteiger partial charge in [-0.1, -0.05) is 39.8 Å². The van der Waals surface area contributed by atoms with Gasteiger partial charge < -0.3 is 10.5 Å². The zero-order chi connectivity index (χ0) is 12.3. The van der Waals surface area contributed by atoms with Crippen molar-refractivity contribution in [2.75, 3.05) is 12.8 Å². The summed E-state index contributed by atoms with van der Waals surface area (Å²) < 4.78 is 6.33. The van der Waals surface area contributed by atoms with Gasteiger partial charge in [0, 0.05) is 15.1 Å². The summed E-state index contributed by atoms with van der Waals surface area (Å²) >= 11 is 5.04. The van der Waals surface area contributed by atoms with Gasteiger partial charge in [0.25, 0.3) is 0 Å². The van der Waals surface area contributed by atoms with Crippen LogP contribution in [-0.2, 0) is 0 Å². The molecule has 88 valence electrons. The van der Waals surface area contributed by atoms with Crippen LogP contribution in [0.4, 0.5) is 5.69 Å². The number of halogens is 1. The van der Waals surface area contributed by atoms with E-state index in [0.29, 0.717) is 0 Å². The Kier molecular flexibility index (Phi) is 3.97. The van der Waals surface area contributed by atoms with Crippen LogP contribution >= 0.6 is 27.7 Å². The van der Waals surface area contributed by atoms with Gasteiger partial charge in [0.15, 0.2) is 0 Å². The summed E-state index contributed by atoms with van der Waals surface area (Å²) in [6.45, 7) is 0. The molecule has 17 heavy (non-hydrogen) atoms. The normalized spacial score (nSPS) is 10.2. The van der Waals surface area contributed by atoms with Gasteiger partial charge in [-0.3, -0.25) is 0 Å². The first-order valence-corrected chi connectivity index (χ1v) is 6.67. The second-order valence-corrected chi connectivity index (χ2v) is 5.43. The van der Waals surface area contributed by atoms with E-state index in [0.717, 1.165) is 25.7 Å². The van der Waals surface area contributed by atoms with E-state index in [4.69, 9.17) is 10.5 Å². The quantitative estimate of drug-likeness (QED) is 0.863. The molecule has 0 unspecified atom stereocenters. The molecule has 0 amide bonds. The highest BCUT2D eigenvalue weighted by atomic mass is 79.9. The first-order chi connectivity index (χ1) is 8.20. The molecular formula is C13H12BrNOS. The van der Waals surface area contributed by atoms with Gasteiger partial charge in [-0.25, -0.2) is 0 Å². The summed E-state index contributed by atoms with van der Waals surface area (Å²) in [4.78, 5) is 2.07. The molecule has 0 spiro atoms. The lowest BCUT2D eigenvalue weighted by Gasteiger charge is -2.09. The lowest BCUT2D eigenvalue weighted by molar-refractivity contribution is 0.405. The van der Waals surface area contributed by atoms with Crippen LogP contribution in [-0.4, -0.2) is 7.11 Å². The largest absolute Gasteiger partial charge is 0.496 e. The first kappa shape index (κ1) is 12.3. The standard InChI is InChI=1S/C13H12BrNOS/c1-16-11-4-2-3-5-12(11)17-13-8-9(14)6-7-10(13)15/h2-8H,15H2,1H3. The van der Waals surface area contributed by atoms with E-state index in [-0.39, 0.29) is 0 Å². The Morgan fingerprint density at radius 1 is 1.12 bits per heavy atom. The highest BCUT2D eigenvalue weighted by molar-refractivity contribution is 9.10. The Labute approximate surface area is 113 Å².